The van der Waals surface area contributed by atoms with Crippen LogP contribution in [0, 0.1) is 0 Å². The molecule has 1 fully saturated rings. The molecule has 1 amide bonds. The molecule has 0 unspecified atom stereocenters. The minimum Gasteiger partial charge on any atom is -0.497 e. The normalized spacial score (nSPS) is 14.0. The second kappa shape index (κ2) is 8.08. The largest absolute Gasteiger partial charge is 0.497 e. The molecule has 3 aromatic rings. The second-order valence-corrected chi connectivity index (χ2v) is 6.76. The molecular weight excluding hydrogens is 354 g/mol. The molecule has 0 saturated heterocycles. The van der Waals surface area contributed by atoms with E-state index in [2.05, 4.69) is 15.5 Å². The quantitative estimate of drug-likeness (QED) is 0.634. The number of rotatable bonds is 6. The minimum atomic E-state index is -0.212. The highest BCUT2D eigenvalue weighted by Gasteiger charge is 2.25. The third kappa shape index (κ3) is 4.11. The smallest absolute Gasteiger partial charge is 0.248 e. The first-order valence-electron chi connectivity index (χ1n) is 9.28. The van der Waals surface area contributed by atoms with Crippen LogP contribution in [0.25, 0.3) is 17.5 Å². The molecule has 142 valence electrons. The Balaban J connectivity index is 1.41. The van der Waals surface area contributed by atoms with Gasteiger partial charge in [0.05, 0.1) is 7.11 Å². The van der Waals surface area contributed by atoms with E-state index >= 15 is 0 Å². The number of ether oxygens (including phenoxy) is 1. The van der Waals surface area contributed by atoms with Crippen molar-refractivity contribution in [3.05, 3.63) is 66.1 Å². The van der Waals surface area contributed by atoms with E-state index in [4.69, 9.17) is 9.26 Å². The Morgan fingerprint density at radius 1 is 1.21 bits per heavy atom. The fourth-order valence-corrected chi connectivity index (χ4v) is 2.98. The maximum atomic E-state index is 12.2. The van der Waals surface area contributed by atoms with Crippen LogP contribution in [0.15, 0.2) is 59.1 Å². The summed E-state index contributed by atoms with van der Waals surface area (Å²) in [6, 6.07) is 14.9. The van der Waals surface area contributed by atoms with Crippen molar-refractivity contribution < 1.29 is 14.1 Å². The monoisotopic (exact) mass is 375 g/mol. The first-order chi connectivity index (χ1) is 13.7. The molecule has 6 nitrogen and oxygen atoms in total. The van der Waals surface area contributed by atoms with E-state index in [1.54, 1.807) is 13.2 Å². The summed E-state index contributed by atoms with van der Waals surface area (Å²) in [5.74, 6) is 2.22. The molecule has 0 atom stereocenters. The summed E-state index contributed by atoms with van der Waals surface area (Å²) in [6.45, 7) is 0. The fourth-order valence-electron chi connectivity index (χ4n) is 2.98. The molecule has 0 spiro atoms. The number of hydrogen-bond donors (Lipinski definition) is 1. The first kappa shape index (κ1) is 18.0. The lowest BCUT2D eigenvalue weighted by Crippen LogP contribution is -2.08. The number of hydrogen-bond acceptors (Lipinski definition) is 5. The van der Waals surface area contributed by atoms with Gasteiger partial charge in [-0.25, -0.2) is 0 Å². The molecule has 28 heavy (non-hydrogen) atoms. The molecule has 1 aliphatic carbocycles. The summed E-state index contributed by atoms with van der Waals surface area (Å²) in [5, 5.41) is 6.94. The second-order valence-electron chi connectivity index (χ2n) is 6.76. The van der Waals surface area contributed by atoms with Crippen LogP contribution in [-0.2, 0) is 4.79 Å². The van der Waals surface area contributed by atoms with Crippen LogP contribution in [-0.4, -0.2) is 23.2 Å². The predicted molar refractivity (Wildman–Crippen MR) is 107 cm³/mol. The molecule has 1 heterocycles. The lowest BCUT2D eigenvalue weighted by atomic mass is 9.85. The molecule has 0 aliphatic heterocycles. The standard InChI is InChI=1S/C22H21N3O3/c1-27-19-11-8-15(9-12-19)10-13-20(26)23-18-7-3-6-17(14-18)21-24-22(28-25-21)16-4-2-5-16/h3,6-14,16H,2,4-5H2,1H3,(H,23,26)/b13-10+. The molecule has 6 heteroatoms. The Bertz CT molecular complexity index is 988. The molecular formula is C22H21N3O3. The highest BCUT2D eigenvalue weighted by atomic mass is 16.5. The lowest BCUT2D eigenvalue weighted by molar-refractivity contribution is -0.111. The Hall–Kier alpha value is -3.41. The van der Waals surface area contributed by atoms with Gasteiger partial charge in [-0.3, -0.25) is 4.79 Å². The first-order valence-corrected chi connectivity index (χ1v) is 9.28. The molecule has 0 bridgehead atoms. The third-order valence-corrected chi connectivity index (χ3v) is 4.83. The Kier molecular flexibility index (Phi) is 5.19. The van der Waals surface area contributed by atoms with E-state index in [0.29, 0.717) is 23.3 Å². The summed E-state index contributed by atoms with van der Waals surface area (Å²) < 4.78 is 10.5. The van der Waals surface area contributed by atoms with Gasteiger partial charge >= 0.3 is 0 Å². The van der Waals surface area contributed by atoms with Crippen LogP contribution < -0.4 is 10.1 Å². The van der Waals surface area contributed by atoms with Crippen molar-refractivity contribution in [2.24, 2.45) is 0 Å². The number of methoxy groups -OCH3 is 1. The van der Waals surface area contributed by atoms with Crippen molar-refractivity contribution >= 4 is 17.7 Å². The fraction of sp³-hybridized carbons (Fsp3) is 0.227. The van der Waals surface area contributed by atoms with E-state index < -0.39 is 0 Å². The number of carbonyl (C=O) groups excluding carboxylic acids is 1. The molecule has 1 aliphatic rings. The predicted octanol–water partition coefficient (Wildman–Crippen LogP) is 4.66. The summed E-state index contributed by atoms with van der Waals surface area (Å²) in [6.07, 6.45) is 6.69. The number of aromatic nitrogens is 2. The van der Waals surface area contributed by atoms with Crippen LogP contribution in [0.5, 0.6) is 5.75 Å². The molecule has 1 saturated carbocycles. The van der Waals surface area contributed by atoms with Crippen molar-refractivity contribution in [2.45, 2.75) is 25.2 Å². The average Bonchev–Trinajstić information content (AvgIpc) is 3.15. The van der Waals surface area contributed by atoms with Gasteiger partial charge < -0.3 is 14.6 Å². The number of nitrogens with zero attached hydrogens (tertiary/aromatic N) is 2. The van der Waals surface area contributed by atoms with Gasteiger partial charge in [-0.2, -0.15) is 4.98 Å². The minimum absolute atomic E-state index is 0.212. The summed E-state index contributed by atoms with van der Waals surface area (Å²) in [5.41, 5.74) is 2.41. The summed E-state index contributed by atoms with van der Waals surface area (Å²) >= 11 is 0. The number of carbonyl (C=O) groups is 1. The van der Waals surface area contributed by atoms with E-state index in [1.165, 1.54) is 12.5 Å². The van der Waals surface area contributed by atoms with Gasteiger partial charge in [0, 0.05) is 23.2 Å². The average molecular weight is 375 g/mol. The zero-order valence-electron chi connectivity index (χ0n) is 15.6. The van der Waals surface area contributed by atoms with E-state index in [0.717, 1.165) is 29.7 Å². The van der Waals surface area contributed by atoms with Gasteiger partial charge in [0.25, 0.3) is 0 Å². The van der Waals surface area contributed by atoms with Gasteiger partial charge in [0.2, 0.25) is 17.6 Å². The molecule has 0 radical (unpaired) electrons. The van der Waals surface area contributed by atoms with Gasteiger partial charge in [0.1, 0.15) is 5.75 Å². The van der Waals surface area contributed by atoms with Crippen molar-refractivity contribution in [1.82, 2.24) is 10.1 Å². The van der Waals surface area contributed by atoms with E-state index in [-0.39, 0.29) is 5.91 Å². The SMILES string of the molecule is COc1ccc(/C=C/C(=O)Nc2cccc(-c3noc(C4CCC4)n3)c2)cc1. The van der Waals surface area contributed by atoms with Crippen LogP contribution in [0.3, 0.4) is 0 Å². The zero-order chi connectivity index (χ0) is 19.3. The summed E-state index contributed by atoms with van der Waals surface area (Å²) in [7, 11) is 1.62. The Morgan fingerprint density at radius 2 is 2.04 bits per heavy atom. The number of amides is 1. The van der Waals surface area contributed by atoms with Crippen molar-refractivity contribution in [3.8, 4) is 17.1 Å². The van der Waals surface area contributed by atoms with Crippen LogP contribution in [0.1, 0.15) is 36.6 Å². The van der Waals surface area contributed by atoms with Gasteiger partial charge in [-0.05, 0) is 48.7 Å². The van der Waals surface area contributed by atoms with Crippen molar-refractivity contribution in [2.75, 3.05) is 12.4 Å². The lowest BCUT2D eigenvalue weighted by Gasteiger charge is -2.20. The van der Waals surface area contributed by atoms with Gasteiger partial charge in [-0.15, -0.1) is 0 Å². The molecule has 1 aromatic heterocycles. The van der Waals surface area contributed by atoms with E-state index in [9.17, 15) is 4.79 Å². The third-order valence-electron chi connectivity index (χ3n) is 4.83. The highest BCUT2D eigenvalue weighted by molar-refractivity contribution is 6.02. The number of anilines is 1. The van der Waals surface area contributed by atoms with Crippen molar-refractivity contribution in [1.29, 1.82) is 0 Å². The summed E-state index contributed by atoms with van der Waals surface area (Å²) in [4.78, 5) is 16.7. The van der Waals surface area contributed by atoms with E-state index in [1.807, 2.05) is 48.5 Å². The van der Waals surface area contributed by atoms with Crippen molar-refractivity contribution in [3.63, 3.8) is 0 Å². The van der Waals surface area contributed by atoms with Crippen LogP contribution >= 0.6 is 0 Å². The van der Waals surface area contributed by atoms with Gasteiger partial charge in [-0.1, -0.05) is 35.8 Å². The number of nitrogens with one attached hydrogen (secondary N) is 1. The maximum Gasteiger partial charge on any atom is 0.248 e. The molecule has 1 N–H and O–H groups in total. The Morgan fingerprint density at radius 3 is 2.75 bits per heavy atom. The van der Waals surface area contributed by atoms with Gasteiger partial charge in [0.15, 0.2) is 0 Å². The maximum absolute atomic E-state index is 12.2. The van der Waals surface area contributed by atoms with Crippen LogP contribution in [0.4, 0.5) is 5.69 Å². The highest BCUT2D eigenvalue weighted by Crippen LogP contribution is 2.36. The molecule has 2 aromatic carbocycles. The Labute approximate surface area is 163 Å². The zero-order valence-corrected chi connectivity index (χ0v) is 15.6. The van der Waals surface area contributed by atoms with Crippen LogP contribution in [0.2, 0.25) is 0 Å². The topological polar surface area (TPSA) is 77.2 Å². The molecule has 4 rings (SSSR count). The number of benzene rings is 2.